The molecule has 0 aromatic heterocycles. The Hall–Kier alpha value is -0.0800. The lowest BCUT2D eigenvalue weighted by Crippen LogP contribution is -2.08. The van der Waals surface area contributed by atoms with Crippen LogP contribution in [0.25, 0.3) is 0 Å². The van der Waals surface area contributed by atoms with Crippen molar-refractivity contribution in [3.63, 3.8) is 0 Å². The lowest BCUT2D eigenvalue weighted by molar-refractivity contribution is 0.0288. The van der Waals surface area contributed by atoms with Crippen molar-refractivity contribution in [3.8, 4) is 0 Å². The zero-order chi connectivity index (χ0) is 6.41. The van der Waals surface area contributed by atoms with Gasteiger partial charge in [0.15, 0.2) is 0 Å². The van der Waals surface area contributed by atoms with Gasteiger partial charge >= 0.3 is 0 Å². The second-order valence-corrected chi connectivity index (χ2v) is 1.94. The predicted molar refractivity (Wildman–Crippen MR) is 33.2 cm³/mol. The summed E-state index contributed by atoms with van der Waals surface area (Å²) in [5, 5.41) is 0. The molecule has 8 heavy (non-hydrogen) atoms. The van der Waals surface area contributed by atoms with Crippen LogP contribution in [-0.4, -0.2) is 6.10 Å². The maximum absolute atomic E-state index is 6.56. The van der Waals surface area contributed by atoms with Crippen LogP contribution in [0.5, 0.6) is 0 Å². The Bertz CT molecular complexity index is 43.8. The van der Waals surface area contributed by atoms with Crippen molar-refractivity contribution >= 4 is 0 Å². The Morgan fingerprint density at radius 2 is 2.12 bits per heavy atom. The second-order valence-electron chi connectivity index (χ2n) is 1.94. The third kappa shape index (κ3) is 2.99. The summed E-state index contributed by atoms with van der Waals surface area (Å²) in [6.07, 6.45) is 3.24. The van der Waals surface area contributed by atoms with Crippen LogP contribution in [0, 0.1) is 0 Å². The summed E-state index contributed by atoms with van der Waals surface area (Å²) < 4.78 is 0. The van der Waals surface area contributed by atoms with Crippen molar-refractivity contribution < 1.29 is 4.84 Å². The molecule has 0 aliphatic carbocycles. The van der Waals surface area contributed by atoms with Crippen LogP contribution in [0.4, 0.5) is 0 Å². The first-order chi connectivity index (χ1) is 3.85. The van der Waals surface area contributed by atoms with Crippen LogP contribution >= 0.6 is 0 Å². The number of rotatable bonds is 4. The van der Waals surface area contributed by atoms with E-state index in [0.29, 0.717) is 0 Å². The Morgan fingerprint density at radius 3 is 2.25 bits per heavy atom. The molecule has 1 unspecified atom stereocenters. The average molecular weight is 116 g/mol. The second kappa shape index (κ2) is 5.06. The predicted octanol–water partition coefficient (Wildman–Crippen LogP) is 1.78. The molecule has 0 saturated carbocycles. The Morgan fingerprint density at radius 1 is 1.50 bits per heavy atom. The summed E-state index contributed by atoms with van der Waals surface area (Å²) >= 11 is 0. The van der Waals surface area contributed by atoms with Gasteiger partial charge in [0.05, 0.1) is 6.10 Å². The smallest absolute Gasteiger partial charge is 0.0805 e. The summed E-state index contributed by atoms with van der Waals surface area (Å²) in [6, 6.07) is 0. The highest BCUT2D eigenvalue weighted by atomic mass is 16.6. The number of nitrogens with one attached hydrogen (secondary N) is 1. The molecular weight excluding hydrogens is 102 g/mol. The van der Waals surface area contributed by atoms with Crippen molar-refractivity contribution in [3.05, 3.63) is 0 Å². The standard InChI is InChI=1S/C6H14NO/c1-3-5-6(4-2)8-7/h6-7H,3-5H2,1-2H3. The normalized spacial score (nSPS) is 13.9. The molecule has 1 N–H and O–H groups in total. The molecule has 0 aromatic carbocycles. The molecule has 49 valence electrons. The van der Waals surface area contributed by atoms with E-state index in [1.54, 1.807) is 0 Å². The SMILES string of the molecule is CCCC(CC)O[NH]. The van der Waals surface area contributed by atoms with Gasteiger partial charge in [0.2, 0.25) is 0 Å². The minimum atomic E-state index is 0.167. The Kier molecular flexibility index (Phi) is 5.01. The van der Waals surface area contributed by atoms with E-state index in [1.807, 2.05) is 6.92 Å². The van der Waals surface area contributed by atoms with Gasteiger partial charge in [0, 0.05) is 0 Å². The van der Waals surface area contributed by atoms with Crippen molar-refractivity contribution in [2.75, 3.05) is 0 Å². The van der Waals surface area contributed by atoms with Crippen molar-refractivity contribution in [2.45, 2.75) is 39.2 Å². The fourth-order valence-corrected chi connectivity index (χ4v) is 0.668. The van der Waals surface area contributed by atoms with Crippen LogP contribution in [-0.2, 0) is 4.84 Å². The maximum atomic E-state index is 6.56. The van der Waals surface area contributed by atoms with Crippen LogP contribution in [0.15, 0.2) is 0 Å². The molecule has 1 radical (unpaired) electrons. The first-order valence-electron chi connectivity index (χ1n) is 3.17. The van der Waals surface area contributed by atoms with Gasteiger partial charge in [-0.05, 0) is 12.8 Å². The van der Waals surface area contributed by atoms with Crippen LogP contribution in [0.1, 0.15) is 33.1 Å². The molecule has 0 aromatic rings. The third-order valence-electron chi connectivity index (χ3n) is 1.23. The highest BCUT2D eigenvalue weighted by molar-refractivity contribution is 4.50. The average Bonchev–Trinajstić information content (AvgIpc) is 1.83. The minimum absolute atomic E-state index is 0.167. The highest BCUT2D eigenvalue weighted by Gasteiger charge is 2.00. The Labute approximate surface area is 51.0 Å². The molecule has 0 spiro atoms. The monoisotopic (exact) mass is 116 g/mol. The summed E-state index contributed by atoms with van der Waals surface area (Å²) in [4.78, 5) is 4.39. The van der Waals surface area contributed by atoms with Gasteiger partial charge in [0.1, 0.15) is 0 Å². The molecule has 0 heterocycles. The fraction of sp³-hybridized carbons (Fsp3) is 1.00. The van der Waals surface area contributed by atoms with Crippen molar-refractivity contribution in [1.29, 1.82) is 0 Å². The molecule has 2 nitrogen and oxygen atoms in total. The van der Waals surface area contributed by atoms with E-state index in [4.69, 9.17) is 5.90 Å². The van der Waals surface area contributed by atoms with E-state index in [1.165, 1.54) is 0 Å². The third-order valence-corrected chi connectivity index (χ3v) is 1.23. The molecule has 2 heteroatoms. The van der Waals surface area contributed by atoms with Crippen molar-refractivity contribution in [1.82, 2.24) is 5.90 Å². The van der Waals surface area contributed by atoms with E-state index in [9.17, 15) is 0 Å². The van der Waals surface area contributed by atoms with Gasteiger partial charge in [-0.25, -0.2) is 0 Å². The summed E-state index contributed by atoms with van der Waals surface area (Å²) in [6.45, 7) is 4.14. The molecule has 0 bridgehead atoms. The van der Waals surface area contributed by atoms with E-state index in [-0.39, 0.29) is 6.10 Å². The van der Waals surface area contributed by atoms with Crippen LogP contribution in [0.3, 0.4) is 0 Å². The first-order valence-corrected chi connectivity index (χ1v) is 3.17. The minimum Gasteiger partial charge on any atom is -0.282 e. The summed E-state index contributed by atoms with van der Waals surface area (Å²) in [5.74, 6) is 6.56. The molecule has 0 fully saturated rings. The topological polar surface area (TPSA) is 33.0 Å². The largest absolute Gasteiger partial charge is 0.282 e. The van der Waals surface area contributed by atoms with E-state index < -0.39 is 0 Å². The quantitative estimate of drug-likeness (QED) is 0.515. The van der Waals surface area contributed by atoms with E-state index in [0.717, 1.165) is 19.3 Å². The van der Waals surface area contributed by atoms with Gasteiger partial charge in [-0.1, -0.05) is 20.3 Å². The summed E-state index contributed by atoms with van der Waals surface area (Å²) in [5.41, 5.74) is 0. The van der Waals surface area contributed by atoms with Gasteiger partial charge < -0.3 is 0 Å². The van der Waals surface area contributed by atoms with Crippen LogP contribution in [0.2, 0.25) is 0 Å². The number of hydrogen-bond donors (Lipinski definition) is 0. The first kappa shape index (κ1) is 7.92. The number of hydrogen-bond acceptors (Lipinski definition) is 1. The molecule has 0 amide bonds. The van der Waals surface area contributed by atoms with E-state index in [2.05, 4.69) is 11.8 Å². The zero-order valence-corrected chi connectivity index (χ0v) is 5.61. The highest BCUT2D eigenvalue weighted by Crippen LogP contribution is 2.02. The van der Waals surface area contributed by atoms with Gasteiger partial charge in [-0.2, -0.15) is 0 Å². The maximum Gasteiger partial charge on any atom is 0.0805 e. The summed E-state index contributed by atoms with van der Waals surface area (Å²) in [7, 11) is 0. The molecule has 0 aliphatic heterocycles. The Balaban J connectivity index is 3.07. The fourth-order valence-electron chi connectivity index (χ4n) is 0.668. The zero-order valence-electron chi connectivity index (χ0n) is 5.61. The molecule has 0 aliphatic rings. The van der Waals surface area contributed by atoms with Crippen molar-refractivity contribution in [2.24, 2.45) is 0 Å². The lowest BCUT2D eigenvalue weighted by Gasteiger charge is -2.07. The molecule has 1 atom stereocenters. The van der Waals surface area contributed by atoms with Gasteiger partial charge in [0.25, 0.3) is 0 Å². The molecule has 0 rings (SSSR count). The molecule has 0 saturated heterocycles. The van der Waals surface area contributed by atoms with Gasteiger partial charge in [-0.3, -0.25) is 4.84 Å². The van der Waals surface area contributed by atoms with Crippen LogP contribution < -0.4 is 5.90 Å². The molecular formula is C6H14NO. The lowest BCUT2D eigenvalue weighted by atomic mass is 10.2. The van der Waals surface area contributed by atoms with Gasteiger partial charge in [-0.15, -0.1) is 5.90 Å². The van der Waals surface area contributed by atoms with E-state index >= 15 is 0 Å².